The first-order valence-corrected chi connectivity index (χ1v) is 10.4. The fraction of sp³-hybridized carbons (Fsp3) is 0.450. The molecule has 0 bridgehead atoms. The number of hydrogen-bond acceptors (Lipinski definition) is 4. The van der Waals surface area contributed by atoms with E-state index in [1.54, 1.807) is 28.5 Å². The van der Waals surface area contributed by atoms with Crippen molar-refractivity contribution in [2.24, 2.45) is 5.92 Å². The maximum Gasteiger partial charge on any atom is 0.433 e. The zero-order valence-corrected chi connectivity index (χ0v) is 16.9. The fourth-order valence-electron chi connectivity index (χ4n) is 3.65. The number of carbonyl (C=O) groups is 1. The van der Waals surface area contributed by atoms with Crippen molar-refractivity contribution >= 4 is 22.9 Å². The van der Waals surface area contributed by atoms with Crippen LogP contribution in [-0.4, -0.2) is 38.5 Å². The molecule has 3 aromatic heterocycles. The van der Waals surface area contributed by atoms with Crippen LogP contribution in [0.2, 0.25) is 0 Å². The van der Waals surface area contributed by atoms with Gasteiger partial charge in [0.1, 0.15) is 0 Å². The van der Waals surface area contributed by atoms with Crippen molar-refractivity contribution in [1.82, 2.24) is 19.5 Å². The third-order valence-electron chi connectivity index (χ3n) is 5.05. The summed E-state index contributed by atoms with van der Waals surface area (Å²) in [6.07, 6.45) is -3.39. The highest BCUT2D eigenvalue weighted by atomic mass is 32.1. The number of rotatable bonds is 4. The quantitative estimate of drug-likeness (QED) is 0.605. The molecule has 0 unspecified atom stereocenters. The average Bonchev–Trinajstić information content (AvgIpc) is 3.37. The first kappa shape index (κ1) is 19.9. The molecule has 0 saturated carbocycles. The Balaban J connectivity index is 1.68. The van der Waals surface area contributed by atoms with E-state index in [1.807, 2.05) is 13.8 Å². The van der Waals surface area contributed by atoms with Gasteiger partial charge in [0.2, 0.25) is 5.91 Å². The van der Waals surface area contributed by atoms with Gasteiger partial charge < -0.3 is 4.90 Å². The second-order valence-electron chi connectivity index (χ2n) is 7.76. The van der Waals surface area contributed by atoms with Crippen LogP contribution in [0.3, 0.4) is 0 Å². The molecule has 0 N–H and O–H groups in total. The Hall–Kier alpha value is -2.42. The van der Waals surface area contributed by atoms with Gasteiger partial charge in [-0.2, -0.15) is 18.3 Å². The molecule has 9 heteroatoms. The highest BCUT2D eigenvalue weighted by molar-refractivity contribution is 7.13. The summed E-state index contributed by atoms with van der Waals surface area (Å²) in [5.41, 5.74) is 0.158. The minimum absolute atomic E-state index is 0.0837. The number of hydrogen-bond donors (Lipinski definition) is 0. The predicted octanol–water partition coefficient (Wildman–Crippen LogP) is 4.84. The standard InChI is InChI=1S/C20H21F3N4OS/c1-12(2)8-19(28)26-6-5-13(11-26)14-10-18-24-15(16-4-3-7-29-16)9-17(20(21,22)23)27(18)25-14/h3-4,7,9-10,12-13H,5-6,8,11H2,1-2H3/t13-/m0/s1. The van der Waals surface area contributed by atoms with Crippen LogP contribution in [0.15, 0.2) is 29.6 Å². The number of carbonyl (C=O) groups excluding carboxylic acids is 1. The zero-order valence-electron chi connectivity index (χ0n) is 16.1. The minimum Gasteiger partial charge on any atom is -0.342 e. The van der Waals surface area contributed by atoms with Crippen LogP contribution in [0, 0.1) is 5.92 Å². The molecular formula is C20H21F3N4OS. The Morgan fingerprint density at radius 1 is 1.34 bits per heavy atom. The number of halogens is 3. The van der Waals surface area contributed by atoms with Gasteiger partial charge in [0.25, 0.3) is 0 Å². The first-order valence-electron chi connectivity index (χ1n) is 9.52. The molecule has 4 rings (SSSR count). The van der Waals surface area contributed by atoms with Crippen molar-refractivity contribution < 1.29 is 18.0 Å². The first-order chi connectivity index (χ1) is 13.7. The number of fused-ring (bicyclic) bond motifs is 1. The molecule has 154 valence electrons. The lowest BCUT2D eigenvalue weighted by atomic mass is 10.1. The SMILES string of the molecule is CC(C)CC(=O)N1CC[C@H](c2cc3nc(-c4cccs4)cc(C(F)(F)F)n3n2)C1. The molecule has 1 amide bonds. The second kappa shape index (κ2) is 7.44. The van der Waals surface area contributed by atoms with Gasteiger partial charge in [-0.3, -0.25) is 4.79 Å². The summed E-state index contributed by atoms with van der Waals surface area (Å²) in [6, 6.07) is 6.19. The normalized spacial score (nSPS) is 17.6. The molecule has 1 aliphatic rings. The van der Waals surface area contributed by atoms with E-state index >= 15 is 0 Å². The molecule has 3 aromatic rings. The Labute approximate surface area is 170 Å². The minimum atomic E-state index is -4.55. The second-order valence-corrected chi connectivity index (χ2v) is 8.71. The Kier molecular flexibility index (Phi) is 5.10. The molecular weight excluding hydrogens is 401 g/mol. The van der Waals surface area contributed by atoms with Gasteiger partial charge in [0.05, 0.1) is 16.3 Å². The summed E-state index contributed by atoms with van der Waals surface area (Å²) in [6.45, 7) is 5.06. The number of thiophene rings is 1. The van der Waals surface area contributed by atoms with Crippen molar-refractivity contribution in [3.05, 3.63) is 41.0 Å². The van der Waals surface area contributed by atoms with Crippen LogP contribution in [0.5, 0.6) is 0 Å². The Morgan fingerprint density at radius 3 is 2.79 bits per heavy atom. The summed E-state index contributed by atoms with van der Waals surface area (Å²) in [4.78, 5) is 19.2. The van der Waals surface area contributed by atoms with Crippen molar-refractivity contribution in [1.29, 1.82) is 0 Å². The van der Waals surface area contributed by atoms with E-state index in [1.165, 1.54) is 11.3 Å². The summed E-state index contributed by atoms with van der Waals surface area (Å²) in [5, 5.41) is 6.04. The third kappa shape index (κ3) is 4.01. The number of amides is 1. The summed E-state index contributed by atoms with van der Waals surface area (Å²) in [5.74, 6) is 0.269. The van der Waals surface area contributed by atoms with Gasteiger partial charge in [-0.1, -0.05) is 19.9 Å². The highest BCUT2D eigenvalue weighted by Crippen LogP contribution is 2.35. The smallest absolute Gasteiger partial charge is 0.342 e. The monoisotopic (exact) mass is 422 g/mol. The van der Waals surface area contributed by atoms with Crippen molar-refractivity contribution in [2.45, 2.75) is 38.8 Å². The molecule has 5 nitrogen and oxygen atoms in total. The number of nitrogens with zero attached hydrogens (tertiary/aromatic N) is 4. The molecule has 1 saturated heterocycles. The van der Waals surface area contributed by atoms with E-state index < -0.39 is 11.9 Å². The van der Waals surface area contributed by atoms with Gasteiger partial charge in [-0.25, -0.2) is 9.50 Å². The highest BCUT2D eigenvalue weighted by Gasteiger charge is 2.36. The molecule has 0 aromatic carbocycles. The van der Waals surface area contributed by atoms with E-state index in [0.717, 1.165) is 10.6 Å². The van der Waals surface area contributed by atoms with E-state index in [9.17, 15) is 18.0 Å². The van der Waals surface area contributed by atoms with Crippen LogP contribution in [-0.2, 0) is 11.0 Å². The zero-order chi connectivity index (χ0) is 20.8. The lowest BCUT2D eigenvalue weighted by molar-refractivity contribution is -0.142. The number of likely N-dealkylation sites (tertiary alicyclic amines) is 1. The maximum absolute atomic E-state index is 13.7. The molecule has 4 heterocycles. The van der Waals surface area contributed by atoms with Crippen molar-refractivity contribution in [2.75, 3.05) is 13.1 Å². The largest absolute Gasteiger partial charge is 0.433 e. The third-order valence-corrected chi connectivity index (χ3v) is 5.94. The lowest BCUT2D eigenvalue weighted by Crippen LogP contribution is -2.29. The van der Waals surface area contributed by atoms with E-state index in [0.29, 0.717) is 36.5 Å². The van der Waals surface area contributed by atoms with Crippen LogP contribution >= 0.6 is 11.3 Å². The van der Waals surface area contributed by atoms with Crippen LogP contribution in [0.4, 0.5) is 13.2 Å². The predicted molar refractivity (Wildman–Crippen MR) is 105 cm³/mol. The number of alkyl halides is 3. The molecule has 0 radical (unpaired) electrons. The fourth-order valence-corrected chi connectivity index (χ4v) is 4.34. The van der Waals surface area contributed by atoms with Gasteiger partial charge >= 0.3 is 6.18 Å². The van der Waals surface area contributed by atoms with Crippen LogP contribution in [0.1, 0.15) is 44.0 Å². The molecule has 29 heavy (non-hydrogen) atoms. The topological polar surface area (TPSA) is 50.5 Å². The van der Waals surface area contributed by atoms with E-state index in [2.05, 4.69) is 10.1 Å². The van der Waals surface area contributed by atoms with E-state index in [4.69, 9.17) is 0 Å². The summed E-state index contributed by atoms with van der Waals surface area (Å²) >= 11 is 1.34. The van der Waals surface area contributed by atoms with E-state index in [-0.39, 0.29) is 29.1 Å². The van der Waals surface area contributed by atoms with Crippen LogP contribution < -0.4 is 0 Å². The lowest BCUT2D eigenvalue weighted by Gasteiger charge is -2.17. The average molecular weight is 422 g/mol. The molecule has 1 aliphatic heterocycles. The van der Waals surface area contributed by atoms with Crippen molar-refractivity contribution in [3.8, 4) is 10.6 Å². The number of aromatic nitrogens is 3. The van der Waals surface area contributed by atoms with Crippen LogP contribution in [0.25, 0.3) is 16.2 Å². The van der Waals surface area contributed by atoms with Gasteiger partial charge in [0.15, 0.2) is 11.3 Å². The maximum atomic E-state index is 13.7. The van der Waals surface area contributed by atoms with Gasteiger partial charge in [-0.15, -0.1) is 11.3 Å². The molecule has 0 spiro atoms. The summed E-state index contributed by atoms with van der Waals surface area (Å²) < 4.78 is 41.9. The summed E-state index contributed by atoms with van der Waals surface area (Å²) in [7, 11) is 0. The molecule has 1 fully saturated rings. The van der Waals surface area contributed by atoms with Crippen molar-refractivity contribution in [3.63, 3.8) is 0 Å². The Bertz CT molecular complexity index is 1030. The Morgan fingerprint density at radius 2 is 2.14 bits per heavy atom. The molecule has 0 aliphatic carbocycles. The molecule has 1 atom stereocenters. The van der Waals surface area contributed by atoms with Gasteiger partial charge in [0, 0.05) is 31.5 Å². The van der Waals surface area contributed by atoms with Gasteiger partial charge in [-0.05, 0) is 29.9 Å².